The zero-order chi connectivity index (χ0) is 17.3. The van der Waals surface area contributed by atoms with Crippen LogP contribution in [-0.2, 0) is 14.3 Å². The Labute approximate surface area is 139 Å². The highest BCUT2D eigenvalue weighted by molar-refractivity contribution is 5.98. The van der Waals surface area contributed by atoms with E-state index in [0.29, 0.717) is 12.1 Å². The van der Waals surface area contributed by atoms with E-state index in [1.54, 1.807) is 39.0 Å². The number of carbonyl (C=O) groups excluding carboxylic acids is 2. The summed E-state index contributed by atoms with van der Waals surface area (Å²) >= 11 is 0. The van der Waals surface area contributed by atoms with E-state index in [1.165, 1.54) is 6.08 Å². The topological polar surface area (TPSA) is 74.7 Å². The molecule has 3 rings (SSSR count). The zero-order valence-corrected chi connectivity index (χ0v) is 13.7. The van der Waals surface area contributed by atoms with E-state index in [9.17, 15) is 9.59 Å². The summed E-state index contributed by atoms with van der Waals surface area (Å²) in [6.07, 6.45) is 3.01. The molecule has 124 valence electrons. The molecule has 2 heterocycles. The zero-order valence-electron chi connectivity index (χ0n) is 13.7. The molecule has 0 unspecified atom stereocenters. The van der Waals surface area contributed by atoms with E-state index in [0.717, 1.165) is 10.9 Å². The Morgan fingerprint density at radius 2 is 2.08 bits per heavy atom. The molecule has 0 saturated carbocycles. The molecule has 0 aliphatic carbocycles. The smallest absolute Gasteiger partial charge is 0.346 e. The van der Waals surface area contributed by atoms with Gasteiger partial charge in [-0.05, 0) is 36.8 Å². The summed E-state index contributed by atoms with van der Waals surface area (Å²) in [6, 6.07) is 7.13. The van der Waals surface area contributed by atoms with Crippen LogP contribution in [0.4, 0.5) is 0 Å². The lowest BCUT2D eigenvalue weighted by Crippen LogP contribution is -2.39. The van der Waals surface area contributed by atoms with Crippen molar-refractivity contribution < 1.29 is 23.8 Å². The number of hydrogen-bond acceptors (Lipinski definition) is 6. The number of hydrogen-bond donors (Lipinski definition) is 0. The van der Waals surface area contributed by atoms with Gasteiger partial charge in [0.1, 0.15) is 5.56 Å². The lowest BCUT2D eigenvalue weighted by atomic mass is 10.1. The second-order valence-electron chi connectivity index (χ2n) is 5.77. The maximum atomic E-state index is 12.1. The summed E-state index contributed by atoms with van der Waals surface area (Å²) in [5.74, 6) is -1.64. The minimum Gasteiger partial charge on any atom is -0.463 e. The molecule has 0 bridgehead atoms. The van der Waals surface area contributed by atoms with Gasteiger partial charge >= 0.3 is 11.9 Å². The van der Waals surface area contributed by atoms with Crippen LogP contribution in [0.3, 0.4) is 0 Å². The fraction of sp³-hybridized carbons (Fsp3) is 0.278. The van der Waals surface area contributed by atoms with Crippen molar-refractivity contribution in [2.24, 2.45) is 0 Å². The SMILES string of the molecule is CCOC(=O)/C=C/c1ccc2nc3c(cc2c1)C(=O)OC(C)(C)O3. The lowest BCUT2D eigenvalue weighted by Gasteiger charge is -2.30. The number of aromatic nitrogens is 1. The van der Waals surface area contributed by atoms with Crippen LogP contribution in [0.25, 0.3) is 17.0 Å². The second kappa shape index (κ2) is 5.96. The van der Waals surface area contributed by atoms with Gasteiger partial charge < -0.3 is 14.2 Å². The fourth-order valence-corrected chi connectivity index (χ4v) is 2.39. The molecule has 2 aromatic rings. The third-order valence-electron chi connectivity index (χ3n) is 3.40. The predicted molar refractivity (Wildman–Crippen MR) is 87.5 cm³/mol. The van der Waals surface area contributed by atoms with Crippen molar-refractivity contribution >= 4 is 28.9 Å². The lowest BCUT2D eigenvalue weighted by molar-refractivity contribution is -0.137. The van der Waals surface area contributed by atoms with Crippen LogP contribution in [0, 0.1) is 0 Å². The number of nitrogens with zero attached hydrogens (tertiary/aromatic N) is 1. The van der Waals surface area contributed by atoms with Crippen molar-refractivity contribution in [3.05, 3.63) is 41.5 Å². The van der Waals surface area contributed by atoms with Gasteiger partial charge in [0, 0.05) is 25.3 Å². The maximum absolute atomic E-state index is 12.1. The summed E-state index contributed by atoms with van der Waals surface area (Å²) < 4.78 is 15.7. The van der Waals surface area contributed by atoms with Crippen LogP contribution in [0.1, 0.15) is 36.7 Å². The Bertz CT molecular complexity index is 854. The van der Waals surface area contributed by atoms with E-state index in [4.69, 9.17) is 14.2 Å². The number of cyclic esters (lactones) is 1. The molecule has 6 heteroatoms. The molecule has 1 aromatic carbocycles. The van der Waals surface area contributed by atoms with Crippen LogP contribution in [0.15, 0.2) is 30.3 Å². The van der Waals surface area contributed by atoms with Crippen LogP contribution in [0.2, 0.25) is 0 Å². The fourth-order valence-electron chi connectivity index (χ4n) is 2.39. The number of ether oxygens (including phenoxy) is 3. The first-order valence-corrected chi connectivity index (χ1v) is 7.60. The monoisotopic (exact) mass is 327 g/mol. The molecule has 0 radical (unpaired) electrons. The molecule has 1 aliphatic rings. The van der Waals surface area contributed by atoms with Gasteiger partial charge in [-0.25, -0.2) is 14.6 Å². The Kier molecular flexibility index (Phi) is 3.97. The molecule has 0 atom stereocenters. The molecule has 0 spiro atoms. The van der Waals surface area contributed by atoms with Crippen LogP contribution in [0.5, 0.6) is 5.88 Å². The van der Waals surface area contributed by atoms with Crippen molar-refractivity contribution in [2.75, 3.05) is 6.61 Å². The highest BCUT2D eigenvalue weighted by Gasteiger charge is 2.35. The van der Waals surface area contributed by atoms with Gasteiger partial charge in [-0.3, -0.25) is 0 Å². The molecule has 1 aromatic heterocycles. The van der Waals surface area contributed by atoms with Gasteiger partial charge in [0.05, 0.1) is 12.1 Å². The van der Waals surface area contributed by atoms with Gasteiger partial charge in [0.2, 0.25) is 5.88 Å². The number of benzene rings is 1. The molecule has 0 N–H and O–H groups in total. The Morgan fingerprint density at radius 3 is 2.83 bits per heavy atom. The van der Waals surface area contributed by atoms with E-state index in [-0.39, 0.29) is 11.4 Å². The highest BCUT2D eigenvalue weighted by atomic mass is 16.7. The van der Waals surface area contributed by atoms with Gasteiger partial charge in [0.15, 0.2) is 0 Å². The van der Waals surface area contributed by atoms with Crippen molar-refractivity contribution in [3.63, 3.8) is 0 Å². The number of pyridine rings is 1. The van der Waals surface area contributed by atoms with E-state index >= 15 is 0 Å². The van der Waals surface area contributed by atoms with E-state index in [2.05, 4.69) is 4.98 Å². The number of rotatable bonds is 3. The Morgan fingerprint density at radius 1 is 1.29 bits per heavy atom. The standard InChI is InChI=1S/C18H17NO5/c1-4-22-15(20)8-6-11-5-7-14-12(9-11)10-13-16(19-14)23-18(2,3)24-17(13)21/h5-10H,4H2,1-3H3/b8-6+. The third-order valence-corrected chi connectivity index (χ3v) is 3.40. The molecule has 24 heavy (non-hydrogen) atoms. The van der Waals surface area contributed by atoms with Crippen molar-refractivity contribution in [2.45, 2.75) is 26.6 Å². The Balaban J connectivity index is 1.97. The number of fused-ring (bicyclic) bond motifs is 2. The number of esters is 2. The third kappa shape index (κ3) is 3.22. The largest absolute Gasteiger partial charge is 0.463 e. The summed E-state index contributed by atoms with van der Waals surface area (Å²) in [6.45, 7) is 5.39. The number of carbonyl (C=O) groups is 2. The normalized spacial score (nSPS) is 15.7. The van der Waals surface area contributed by atoms with Gasteiger partial charge in [-0.2, -0.15) is 0 Å². The summed E-state index contributed by atoms with van der Waals surface area (Å²) in [5.41, 5.74) is 1.77. The molecular weight excluding hydrogens is 310 g/mol. The Hall–Kier alpha value is -2.89. The summed E-state index contributed by atoms with van der Waals surface area (Å²) in [7, 11) is 0. The molecule has 0 saturated heterocycles. The van der Waals surface area contributed by atoms with E-state index in [1.807, 2.05) is 12.1 Å². The van der Waals surface area contributed by atoms with E-state index < -0.39 is 17.7 Å². The molecule has 6 nitrogen and oxygen atoms in total. The average Bonchev–Trinajstić information content (AvgIpc) is 2.50. The molecule has 0 fully saturated rings. The second-order valence-corrected chi connectivity index (χ2v) is 5.77. The maximum Gasteiger partial charge on any atom is 0.346 e. The van der Waals surface area contributed by atoms with Crippen LogP contribution in [-0.4, -0.2) is 29.3 Å². The van der Waals surface area contributed by atoms with Gasteiger partial charge in [0.25, 0.3) is 5.79 Å². The van der Waals surface area contributed by atoms with Gasteiger partial charge in [-0.1, -0.05) is 6.07 Å². The molecule has 0 amide bonds. The summed E-state index contributed by atoms with van der Waals surface area (Å²) in [4.78, 5) is 27.9. The minimum absolute atomic E-state index is 0.263. The first-order valence-electron chi connectivity index (χ1n) is 7.60. The average molecular weight is 327 g/mol. The van der Waals surface area contributed by atoms with Crippen LogP contribution < -0.4 is 4.74 Å². The molecule has 1 aliphatic heterocycles. The highest BCUT2D eigenvalue weighted by Crippen LogP contribution is 2.32. The van der Waals surface area contributed by atoms with Crippen molar-refractivity contribution in [1.29, 1.82) is 0 Å². The van der Waals surface area contributed by atoms with Gasteiger partial charge in [-0.15, -0.1) is 0 Å². The quantitative estimate of drug-likeness (QED) is 0.637. The predicted octanol–water partition coefficient (Wildman–Crippen LogP) is 3.10. The van der Waals surface area contributed by atoms with Crippen molar-refractivity contribution in [3.8, 4) is 5.88 Å². The van der Waals surface area contributed by atoms with Crippen molar-refractivity contribution in [1.82, 2.24) is 4.98 Å². The summed E-state index contributed by atoms with van der Waals surface area (Å²) in [5, 5.41) is 0.750. The first kappa shape index (κ1) is 16.0. The first-order chi connectivity index (χ1) is 11.4. The molecular formula is C18H17NO5. The minimum atomic E-state index is -1.03. The van der Waals surface area contributed by atoms with Crippen LogP contribution >= 0.6 is 0 Å².